The minimum absolute atomic E-state index is 0.0695. The number of unbranched alkanes of at least 4 members (excludes halogenated alkanes) is 1. The van der Waals surface area contributed by atoms with Crippen molar-refractivity contribution in [1.29, 1.82) is 0 Å². The molecule has 1 aliphatic rings. The van der Waals surface area contributed by atoms with Crippen LogP contribution in [-0.2, 0) is 81.6 Å². The largest absolute Gasteiger partial charge is 0.508 e. The zero-order valence-corrected chi connectivity index (χ0v) is 55.9. The summed E-state index contributed by atoms with van der Waals surface area (Å²) in [6.07, 6.45) is 0.769. The van der Waals surface area contributed by atoms with E-state index < -0.39 is 181 Å². The summed E-state index contributed by atoms with van der Waals surface area (Å²) in [6.45, 7) is 1.03. The van der Waals surface area contributed by atoms with Gasteiger partial charge in [-0.1, -0.05) is 74.5 Å². The van der Waals surface area contributed by atoms with E-state index in [1.807, 2.05) is 0 Å². The SMILES string of the molecule is CC(C)[C@H](NC(=O)[C@H](CS)NC(=O)[C@H](Cc1ccc(O)cc1)NC(=O)[C@H](CCCCN)NC(=O)[C@H](Cc1c[nH]c2ccccc12)NC(=O)[C@H](Cc1ccccc1)NC(=O)[C@H](CS)NC(=O)[C@H](CCC(=O)O)NC(=O)[C@H](CO)NC(=O)[C@H](CO)NC(=O)[C@@H]1CCCN1C(=O)CN)C(=O)O. The van der Waals surface area contributed by atoms with Gasteiger partial charge >= 0.3 is 11.9 Å². The van der Waals surface area contributed by atoms with Crippen LogP contribution >= 0.6 is 25.3 Å². The Bertz CT molecular complexity index is 3420. The number of rotatable bonds is 40. The van der Waals surface area contributed by atoms with E-state index in [-0.39, 0.29) is 69.7 Å². The molecule has 0 unspecified atom stereocenters. The lowest BCUT2D eigenvalue weighted by molar-refractivity contribution is -0.143. The lowest BCUT2D eigenvalue weighted by Crippen LogP contribution is -2.62. The van der Waals surface area contributed by atoms with E-state index in [9.17, 15) is 83.1 Å². The van der Waals surface area contributed by atoms with Crippen LogP contribution in [0.2, 0.25) is 0 Å². The van der Waals surface area contributed by atoms with Gasteiger partial charge in [0, 0.05) is 60.8 Å². The molecule has 32 nitrogen and oxygen atoms in total. The number of aliphatic carboxylic acids is 2. The normalized spacial score (nSPS) is 15.8. The van der Waals surface area contributed by atoms with Crippen LogP contribution in [0.3, 0.4) is 0 Å². The topological polar surface area (TPSA) is 514 Å². The van der Waals surface area contributed by atoms with E-state index >= 15 is 4.79 Å². The highest BCUT2D eigenvalue weighted by Gasteiger charge is 2.39. The Hall–Kier alpha value is -9.35. The Balaban J connectivity index is 1.41. The van der Waals surface area contributed by atoms with Crippen molar-refractivity contribution in [2.24, 2.45) is 17.4 Å². The van der Waals surface area contributed by atoms with Crippen molar-refractivity contribution in [2.45, 2.75) is 145 Å². The number of nitrogens with one attached hydrogen (secondary N) is 11. The molecule has 2 heterocycles. The molecule has 0 aliphatic carbocycles. The highest BCUT2D eigenvalue weighted by Crippen LogP contribution is 2.21. The number of thiol groups is 2. The molecular formula is C64H88N14O18S2. The molecule has 20 N–H and O–H groups in total. The van der Waals surface area contributed by atoms with E-state index in [0.29, 0.717) is 40.4 Å². The number of aromatic nitrogens is 1. The fourth-order valence-corrected chi connectivity index (χ4v) is 11.1. The standard InChI is InChI=1S/C64H88N14O18S2/c1-34(2)53(64(95)96)77-62(93)49(33-98)76-57(88)44(26-36-17-19-38(81)20-18-36)70-54(85)41(15-8-9-23-65)68-58(89)45(27-37-29-67-40-14-7-6-13-39(37)40)72-56(87)43(25-35-11-4-3-5-12-35)71-61(92)48(32-97)75-55(86)42(21-22-52(83)84)69-59(90)46(30-79)73-60(91)47(31-80)74-63(94)50-16-10-24-78(50)51(82)28-66/h3-7,11-14,17-20,29,34,41-50,53,67,79-81,97-98H,8-10,15-16,21-28,30-33,65-66H2,1-2H3,(H,68,89)(H,69,90)(H,70,85)(H,71,92)(H,72,87)(H,73,91)(H,74,94)(H,75,86)(H,76,88)(H,77,93)(H,83,84)(H,95,96)/t41-,42-,43-,44-,45-,46-,47-,48-,49-,50-,53-/m0/s1. The quantitative estimate of drug-likeness (QED) is 0.0150. The number of benzene rings is 3. The van der Waals surface area contributed by atoms with Gasteiger partial charge in [0.2, 0.25) is 65.0 Å². The van der Waals surface area contributed by atoms with Gasteiger partial charge in [-0.2, -0.15) is 25.3 Å². The summed E-state index contributed by atoms with van der Waals surface area (Å²) in [5, 5.41) is 75.2. The number of nitrogens with two attached hydrogens (primary N) is 2. The number of fused-ring (bicyclic) bond motifs is 1. The Labute approximate surface area is 575 Å². The number of H-pyrrole nitrogens is 1. The van der Waals surface area contributed by atoms with Crippen LogP contribution in [0.15, 0.2) is 85.1 Å². The highest BCUT2D eigenvalue weighted by atomic mass is 32.1. The maximum atomic E-state index is 15.0. The zero-order valence-electron chi connectivity index (χ0n) is 54.1. The average molecular weight is 1410 g/mol. The van der Waals surface area contributed by atoms with Gasteiger partial charge in [0.1, 0.15) is 72.2 Å². The van der Waals surface area contributed by atoms with Gasteiger partial charge in [-0.05, 0) is 85.9 Å². The van der Waals surface area contributed by atoms with Crippen molar-refractivity contribution in [3.63, 3.8) is 0 Å². The first-order valence-electron chi connectivity index (χ1n) is 31.7. The minimum Gasteiger partial charge on any atom is -0.508 e. The van der Waals surface area contributed by atoms with Gasteiger partial charge in [0.15, 0.2) is 0 Å². The second kappa shape index (κ2) is 39.8. The monoisotopic (exact) mass is 1400 g/mol. The molecule has 98 heavy (non-hydrogen) atoms. The number of aromatic hydroxyl groups is 1. The molecular weight excluding hydrogens is 1320 g/mol. The summed E-state index contributed by atoms with van der Waals surface area (Å²) >= 11 is 8.52. The van der Waals surface area contributed by atoms with E-state index in [2.05, 4.69) is 83.4 Å². The molecule has 1 aliphatic heterocycles. The molecule has 1 aromatic heterocycles. The van der Waals surface area contributed by atoms with Crippen molar-refractivity contribution in [2.75, 3.05) is 44.4 Å². The van der Waals surface area contributed by atoms with Gasteiger partial charge in [0.25, 0.3) is 0 Å². The number of nitrogens with zero attached hydrogens (tertiary/aromatic N) is 1. The number of carboxylic acids is 2. The summed E-state index contributed by atoms with van der Waals surface area (Å²) < 4.78 is 0. The number of amides is 11. The number of phenols is 1. The first-order chi connectivity index (χ1) is 46.7. The Morgan fingerprint density at radius 1 is 0.541 bits per heavy atom. The average Bonchev–Trinajstić information content (AvgIpc) is 1.62. The number of aliphatic hydroxyl groups is 2. The summed E-state index contributed by atoms with van der Waals surface area (Å²) in [6, 6.07) is 4.20. The number of aliphatic hydroxyl groups excluding tert-OH is 2. The molecule has 11 atom stereocenters. The molecule has 0 radical (unpaired) electrons. The third-order valence-electron chi connectivity index (χ3n) is 16.1. The van der Waals surface area contributed by atoms with Gasteiger partial charge in [-0.15, -0.1) is 0 Å². The van der Waals surface area contributed by atoms with Crippen molar-refractivity contribution in [3.05, 3.63) is 102 Å². The summed E-state index contributed by atoms with van der Waals surface area (Å²) in [5.74, 6) is -14.7. The van der Waals surface area contributed by atoms with Crippen molar-refractivity contribution in [3.8, 4) is 5.75 Å². The van der Waals surface area contributed by atoms with Crippen LogP contribution in [0.25, 0.3) is 10.9 Å². The molecule has 534 valence electrons. The summed E-state index contributed by atoms with van der Waals surface area (Å²) in [4.78, 5) is 182. The fourth-order valence-electron chi connectivity index (χ4n) is 10.6. The predicted molar refractivity (Wildman–Crippen MR) is 361 cm³/mol. The smallest absolute Gasteiger partial charge is 0.326 e. The van der Waals surface area contributed by atoms with Crippen molar-refractivity contribution in [1.82, 2.24) is 63.1 Å². The summed E-state index contributed by atoms with van der Waals surface area (Å²) in [5.41, 5.74) is 13.5. The molecule has 0 saturated carbocycles. The second-order valence-electron chi connectivity index (χ2n) is 23.6. The zero-order chi connectivity index (χ0) is 72.2. The molecule has 0 spiro atoms. The van der Waals surface area contributed by atoms with Crippen LogP contribution in [0, 0.1) is 5.92 Å². The van der Waals surface area contributed by atoms with Gasteiger partial charge < -0.3 is 100 Å². The van der Waals surface area contributed by atoms with Gasteiger partial charge in [-0.25, -0.2) is 4.79 Å². The predicted octanol–water partition coefficient (Wildman–Crippen LogP) is -3.72. The Morgan fingerprint density at radius 2 is 0.990 bits per heavy atom. The number of carbonyl (C=O) groups excluding carboxylic acids is 11. The lowest BCUT2D eigenvalue weighted by Gasteiger charge is -2.28. The maximum Gasteiger partial charge on any atom is 0.326 e. The number of aromatic amines is 1. The molecule has 1 fully saturated rings. The van der Waals surface area contributed by atoms with Crippen LogP contribution < -0.4 is 64.6 Å². The fraction of sp³-hybridized carbons (Fsp3) is 0.484. The van der Waals surface area contributed by atoms with E-state index in [1.54, 1.807) is 74.6 Å². The van der Waals surface area contributed by atoms with Crippen LogP contribution in [0.4, 0.5) is 0 Å². The maximum absolute atomic E-state index is 15.0. The number of para-hydroxylation sites is 1. The number of hydrogen-bond donors (Lipinski definition) is 20. The lowest BCUT2D eigenvalue weighted by atomic mass is 10.0. The molecule has 0 bridgehead atoms. The number of carbonyl (C=O) groups is 13. The third kappa shape index (κ3) is 24.0. The Kier molecular flexibility index (Phi) is 32.2. The minimum atomic E-state index is -1.88. The molecule has 4 aromatic rings. The molecule has 11 amide bonds. The van der Waals surface area contributed by atoms with E-state index in [0.717, 1.165) is 0 Å². The van der Waals surface area contributed by atoms with Crippen LogP contribution in [-0.4, -0.2) is 223 Å². The number of hydrogen-bond acceptors (Lipinski definition) is 20. The number of phenolic OH excluding ortho intramolecular Hbond substituents is 1. The van der Waals surface area contributed by atoms with Gasteiger partial charge in [-0.3, -0.25) is 57.5 Å². The molecule has 1 saturated heterocycles. The van der Waals surface area contributed by atoms with Crippen molar-refractivity contribution < 1.29 is 87.9 Å². The van der Waals surface area contributed by atoms with Crippen LogP contribution in [0.1, 0.15) is 75.5 Å². The second-order valence-corrected chi connectivity index (χ2v) is 24.4. The summed E-state index contributed by atoms with van der Waals surface area (Å²) in [7, 11) is 0. The number of likely N-dealkylation sites (tertiary alicyclic amines) is 1. The highest BCUT2D eigenvalue weighted by molar-refractivity contribution is 7.80. The molecule has 3 aromatic carbocycles. The molecule has 5 rings (SSSR count). The first kappa shape index (κ1) is 79.3. The number of carboxylic acid groups (broad SMARTS) is 2. The van der Waals surface area contributed by atoms with E-state index in [4.69, 9.17) is 11.5 Å². The first-order valence-corrected chi connectivity index (χ1v) is 33.0. The van der Waals surface area contributed by atoms with Gasteiger partial charge in [0.05, 0.1) is 19.8 Å². The molecule has 34 heteroatoms. The Morgan fingerprint density at radius 3 is 1.50 bits per heavy atom. The van der Waals surface area contributed by atoms with E-state index in [1.165, 1.54) is 29.2 Å². The third-order valence-corrected chi connectivity index (χ3v) is 16.8. The van der Waals surface area contributed by atoms with Crippen LogP contribution in [0.5, 0.6) is 5.75 Å². The van der Waals surface area contributed by atoms with Crippen molar-refractivity contribution >= 4 is 113 Å².